The zero-order valence-corrected chi connectivity index (χ0v) is 8.54. The molecular formula is C11H15NO2. The normalized spacial score (nSPS) is 18.4. The standard InChI is InChI=1S/C11H15NO2/c1-13-9-3-4-10(14-2)11-7(6-12)5-8(9)11/h3-4,7H,5-6,12H2,1-2H3/t7-/m1/s1. The molecule has 0 unspecified atom stereocenters. The molecule has 3 heteroatoms. The van der Waals surface area contributed by atoms with Crippen LogP contribution in [0.1, 0.15) is 17.0 Å². The molecule has 0 aliphatic heterocycles. The third-order valence-corrected chi connectivity index (χ3v) is 2.86. The maximum absolute atomic E-state index is 5.67. The molecule has 1 aliphatic rings. The first kappa shape index (κ1) is 9.34. The van der Waals surface area contributed by atoms with Crippen LogP contribution >= 0.6 is 0 Å². The predicted molar refractivity (Wildman–Crippen MR) is 55.0 cm³/mol. The Hall–Kier alpha value is -1.22. The van der Waals surface area contributed by atoms with Crippen molar-refractivity contribution >= 4 is 0 Å². The van der Waals surface area contributed by atoms with Gasteiger partial charge in [0, 0.05) is 17.0 Å². The summed E-state index contributed by atoms with van der Waals surface area (Å²) in [6.07, 6.45) is 1.01. The van der Waals surface area contributed by atoms with Gasteiger partial charge in [-0.05, 0) is 25.1 Å². The Kier molecular flexibility index (Phi) is 2.33. The fourth-order valence-electron chi connectivity index (χ4n) is 2.07. The molecule has 0 fully saturated rings. The minimum atomic E-state index is 0.440. The van der Waals surface area contributed by atoms with Gasteiger partial charge in [0.25, 0.3) is 0 Å². The SMILES string of the molecule is COc1ccc(OC)c2c1C[C@@H]2CN. The summed E-state index contributed by atoms with van der Waals surface area (Å²) in [5.74, 6) is 2.32. The summed E-state index contributed by atoms with van der Waals surface area (Å²) >= 11 is 0. The molecular weight excluding hydrogens is 178 g/mol. The number of benzene rings is 1. The van der Waals surface area contributed by atoms with Gasteiger partial charge in [-0.15, -0.1) is 0 Å². The molecule has 0 radical (unpaired) electrons. The van der Waals surface area contributed by atoms with E-state index in [1.807, 2.05) is 12.1 Å². The molecule has 0 saturated carbocycles. The van der Waals surface area contributed by atoms with E-state index in [0.29, 0.717) is 12.5 Å². The molecule has 76 valence electrons. The van der Waals surface area contributed by atoms with Crippen LogP contribution in [0.25, 0.3) is 0 Å². The Labute approximate surface area is 83.8 Å². The number of fused-ring (bicyclic) bond motifs is 1. The number of nitrogens with two attached hydrogens (primary N) is 1. The Morgan fingerprint density at radius 1 is 1.29 bits per heavy atom. The van der Waals surface area contributed by atoms with Gasteiger partial charge in [0.2, 0.25) is 0 Å². The second-order valence-electron chi connectivity index (χ2n) is 3.50. The van der Waals surface area contributed by atoms with Crippen LogP contribution in [0.4, 0.5) is 0 Å². The Balaban J connectivity index is 2.45. The molecule has 0 aromatic heterocycles. The molecule has 0 spiro atoms. The van der Waals surface area contributed by atoms with Crippen LogP contribution < -0.4 is 15.2 Å². The summed E-state index contributed by atoms with van der Waals surface area (Å²) in [6, 6.07) is 3.89. The van der Waals surface area contributed by atoms with E-state index in [9.17, 15) is 0 Å². The van der Waals surface area contributed by atoms with Crippen LogP contribution in [0.2, 0.25) is 0 Å². The van der Waals surface area contributed by atoms with Gasteiger partial charge in [0.15, 0.2) is 0 Å². The van der Waals surface area contributed by atoms with Crippen molar-refractivity contribution in [3.05, 3.63) is 23.3 Å². The van der Waals surface area contributed by atoms with Crippen molar-refractivity contribution in [3.8, 4) is 11.5 Å². The van der Waals surface area contributed by atoms with Crippen LogP contribution in [0.3, 0.4) is 0 Å². The minimum absolute atomic E-state index is 0.440. The van der Waals surface area contributed by atoms with Crippen LogP contribution in [-0.4, -0.2) is 20.8 Å². The molecule has 1 aliphatic carbocycles. The first-order chi connectivity index (χ1) is 6.81. The number of ether oxygens (including phenoxy) is 2. The van der Waals surface area contributed by atoms with E-state index >= 15 is 0 Å². The van der Waals surface area contributed by atoms with E-state index in [1.165, 1.54) is 11.1 Å². The van der Waals surface area contributed by atoms with Gasteiger partial charge in [-0.3, -0.25) is 0 Å². The lowest BCUT2D eigenvalue weighted by atomic mass is 9.76. The second-order valence-corrected chi connectivity index (χ2v) is 3.50. The third-order valence-electron chi connectivity index (χ3n) is 2.86. The molecule has 1 atom stereocenters. The molecule has 0 heterocycles. The maximum Gasteiger partial charge on any atom is 0.122 e. The summed E-state index contributed by atoms with van der Waals surface area (Å²) in [7, 11) is 3.38. The molecule has 2 rings (SSSR count). The highest BCUT2D eigenvalue weighted by molar-refractivity contribution is 5.57. The molecule has 0 bridgehead atoms. The monoisotopic (exact) mass is 193 g/mol. The summed E-state index contributed by atoms with van der Waals surface area (Å²) in [5.41, 5.74) is 8.15. The van der Waals surface area contributed by atoms with Crippen molar-refractivity contribution in [2.75, 3.05) is 20.8 Å². The number of hydrogen-bond donors (Lipinski definition) is 1. The van der Waals surface area contributed by atoms with Crippen LogP contribution in [0.15, 0.2) is 12.1 Å². The lowest BCUT2D eigenvalue weighted by Gasteiger charge is -2.32. The molecule has 1 aromatic rings. The largest absolute Gasteiger partial charge is 0.496 e. The molecule has 1 aromatic carbocycles. The van der Waals surface area contributed by atoms with Crippen LogP contribution in [0.5, 0.6) is 11.5 Å². The van der Waals surface area contributed by atoms with E-state index in [4.69, 9.17) is 15.2 Å². The van der Waals surface area contributed by atoms with Gasteiger partial charge in [0.1, 0.15) is 11.5 Å². The first-order valence-electron chi connectivity index (χ1n) is 4.75. The fraction of sp³-hybridized carbons (Fsp3) is 0.455. The van der Waals surface area contributed by atoms with Crippen molar-refractivity contribution in [1.82, 2.24) is 0 Å². The highest BCUT2D eigenvalue weighted by atomic mass is 16.5. The number of methoxy groups -OCH3 is 2. The van der Waals surface area contributed by atoms with Gasteiger partial charge in [-0.25, -0.2) is 0 Å². The lowest BCUT2D eigenvalue weighted by molar-refractivity contribution is 0.377. The average Bonchev–Trinajstić information content (AvgIpc) is 2.19. The third kappa shape index (κ3) is 1.16. The van der Waals surface area contributed by atoms with Crippen LogP contribution in [0, 0.1) is 0 Å². The predicted octanol–water partition coefficient (Wildman–Crippen LogP) is 1.30. The number of hydrogen-bond acceptors (Lipinski definition) is 3. The minimum Gasteiger partial charge on any atom is -0.496 e. The summed E-state index contributed by atoms with van der Waals surface area (Å²) in [5, 5.41) is 0. The van der Waals surface area contributed by atoms with Gasteiger partial charge in [-0.1, -0.05) is 0 Å². The lowest BCUT2D eigenvalue weighted by Crippen LogP contribution is -2.26. The maximum atomic E-state index is 5.67. The van der Waals surface area contributed by atoms with Crippen LogP contribution in [-0.2, 0) is 6.42 Å². The zero-order valence-electron chi connectivity index (χ0n) is 8.54. The summed E-state index contributed by atoms with van der Waals surface area (Å²) in [6.45, 7) is 0.677. The van der Waals surface area contributed by atoms with Gasteiger partial charge >= 0.3 is 0 Å². The Morgan fingerprint density at radius 3 is 2.50 bits per heavy atom. The van der Waals surface area contributed by atoms with Gasteiger partial charge in [-0.2, -0.15) is 0 Å². The Morgan fingerprint density at radius 2 is 1.93 bits per heavy atom. The topological polar surface area (TPSA) is 44.5 Å². The fourth-order valence-corrected chi connectivity index (χ4v) is 2.07. The van der Waals surface area contributed by atoms with E-state index in [-0.39, 0.29) is 0 Å². The number of rotatable bonds is 3. The van der Waals surface area contributed by atoms with E-state index in [2.05, 4.69) is 0 Å². The highest BCUT2D eigenvalue weighted by Crippen LogP contribution is 2.45. The summed E-state index contributed by atoms with van der Waals surface area (Å²) in [4.78, 5) is 0. The van der Waals surface area contributed by atoms with E-state index in [0.717, 1.165) is 17.9 Å². The second kappa shape index (κ2) is 3.50. The Bertz CT molecular complexity index is 349. The molecule has 3 nitrogen and oxygen atoms in total. The summed E-state index contributed by atoms with van der Waals surface area (Å²) < 4.78 is 10.6. The molecule has 0 saturated heterocycles. The van der Waals surface area contributed by atoms with Crippen molar-refractivity contribution in [2.45, 2.75) is 12.3 Å². The van der Waals surface area contributed by atoms with Crippen molar-refractivity contribution < 1.29 is 9.47 Å². The molecule has 14 heavy (non-hydrogen) atoms. The van der Waals surface area contributed by atoms with E-state index < -0.39 is 0 Å². The molecule has 0 amide bonds. The highest BCUT2D eigenvalue weighted by Gasteiger charge is 2.31. The van der Waals surface area contributed by atoms with Crippen molar-refractivity contribution in [1.29, 1.82) is 0 Å². The quantitative estimate of drug-likeness (QED) is 0.787. The smallest absolute Gasteiger partial charge is 0.122 e. The first-order valence-corrected chi connectivity index (χ1v) is 4.75. The van der Waals surface area contributed by atoms with Crippen molar-refractivity contribution in [3.63, 3.8) is 0 Å². The van der Waals surface area contributed by atoms with Crippen molar-refractivity contribution in [2.24, 2.45) is 5.73 Å². The zero-order chi connectivity index (χ0) is 10.1. The average molecular weight is 193 g/mol. The van der Waals surface area contributed by atoms with Gasteiger partial charge in [0.05, 0.1) is 14.2 Å². The van der Waals surface area contributed by atoms with Gasteiger partial charge < -0.3 is 15.2 Å². The van der Waals surface area contributed by atoms with E-state index in [1.54, 1.807) is 14.2 Å². The molecule has 2 N–H and O–H groups in total.